The molecule has 0 radical (unpaired) electrons. The Labute approximate surface area is 237 Å². The van der Waals surface area contributed by atoms with Gasteiger partial charge in [0.25, 0.3) is 0 Å². The average Bonchev–Trinajstić information content (AvgIpc) is 3.49. The summed E-state index contributed by atoms with van der Waals surface area (Å²) in [5.74, 6) is 0.476. The van der Waals surface area contributed by atoms with E-state index in [1.807, 2.05) is 6.07 Å². The summed E-state index contributed by atoms with van der Waals surface area (Å²) >= 11 is 14.2. The molecule has 2 bridgehead atoms. The number of hydrogen-bond acceptors (Lipinski definition) is 8. The number of benzene rings is 1. The minimum Gasteiger partial charge on any atom is -0.382 e. The van der Waals surface area contributed by atoms with Crippen LogP contribution < -0.4 is 0 Å². The smallest absolute Gasteiger partial charge is 0.151 e. The molecule has 0 saturated heterocycles. The minimum absolute atomic E-state index is 0.0609. The van der Waals surface area contributed by atoms with Gasteiger partial charge in [-0.2, -0.15) is 5.26 Å². The first-order valence-electron chi connectivity index (χ1n) is 13.0. The summed E-state index contributed by atoms with van der Waals surface area (Å²) in [5.41, 5.74) is 1.34. The van der Waals surface area contributed by atoms with Crippen LogP contribution in [0, 0.1) is 29.0 Å². The van der Waals surface area contributed by atoms with Crippen molar-refractivity contribution in [1.82, 2.24) is 15.1 Å². The highest BCUT2D eigenvalue weighted by molar-refractivity contribution is 7.18. The number of ether oxygens (including phenoxy) is 1. The van der Waals surface area contributed by atoms with Crippen molar-refractivity contribution in [2.45, 2.75) is 62.8 Å². The summed E-state index contributed by atoms with van der Waals surface area (Å²) in [7, 11) is 0. The van der Waals surface area contributed by atoms with E-state index in [0.717, 1.165) is 37.0 Å². The molecule has 39 heavy (non-hydrogen) atoms. The van der Waals surface area contributed by atoms with Gasteiger partial charge in [-0.3, -0.25) is 4.98 Å². The number of aliphatic hydroxyl groups is 1. The predicted molar refractivity (Wildman–Crippen MR) is 144 cm³/mol. The molecular formula is C28H23Cl2FN4O3S. The van der Waals surface area contributed by atoms with Crippen LogP contribution in [0.25, 0.3) is 21.5 Å². The molecule has 3 fully saturated rings. The van der Waals surface area contributed by atoms with Crippen LogP contribution in [-0.4, -0.2) is 26.3 Å². The van der Waals surface area contributed by atoms with Crippen LogP contribution in [0.3, 0.4) is 0 Å². The van der Waals surface area contributed by atoms with Crippen molar-refractivity contribution in [1.29, 1.82) is 5.26 Å². The van der Waals surface area contributed by atoms with Gasteiger partial charge in [-0.15, -0.1) is 11.3 Å². The molecule has 1 N–H and O–H groups in total. The number of aromatic nitrogens is 3. The van der Waals surface area contributed by atoms with E-state index in [1.54, 1.807) is 6.07 Å². The van der Waals surface area contributed by atoms with Gasteiger partial charge in [-0.1, -0.05) is 28.4 Å². The molecule has 4 atom stereocenters. The van der Waals surface area contributed by atoms with Gasteiger partial charge in [-0.25, -0.2) is 9.37 Å². The second-order valence-electron chi connectivity index (χ2n) is 10.8. The van der Waals surface area contributed by atoms with Crippen LogP contribution in [0.4, 0.5) is 4.39 Å². The molecule has 4 aromatic rings. The molecule has 11 heteroatoms. The maximum atomic E-state index is 14.6. The van der Waals surface area contributed by atoms with Crippen molar-refractivity contribution in [3.8, 4) is 17.3 Å². The Morgan fingerprint density at radius 2 is 1.87 bits per heavy atom. The first kappa shape index (κ1) is 25.4. The lowest BCUT2D eigenvalue weighted by molar-refractivity contribution is -0.116. The third-order valence-corrected chi connectivity index (χ3v) is 10.2. The highest BCUT2D eigenvalue weighted by atomic mass is 35.5. The summed E-state index contributed by atoms with van der Waals surface area (Å²) < 4.78 is 27.4. The Balaban J connectivity index is 1.14. The molecule has 0 unspecified atom stereocenters. The largest absolute Gasteiger partial charge is 0.382 e. The molecule has 0 amide bonds. The molecule has 7 rings (SSSR count). The van der Waals surface area contributed by atoms with Crippen LogP contribution in [0.15, 0.2) is 29.0 Å². The van der Waals surface area contributed by atoms with Crippen molar-refractivity contribution < 1.29 is 18.8 Å². The number of fused-ring (bicyclic) bond motifs is 3. The van der Waals surface area contributed by atoms with Crippen molar-refractivity contribution in [3.05, 3.63) is 62.3 Å². The van der Waals surface area contributed by atoms with Crippen LogP contribution in [0.1, 0.15) is 66.3 Å². The molecule has 3 aliphatic carbocycles. The first-order valence-corrected chi connectivity index (χ1v) is 14.6. The minimum atomic E-state index is -1.14. The summed E-state index contributed by atoms with van der Waals surface area (Å²) in [6.45, 7) is 0.297. The van der Waals surface area contributed by atoms with E-state index in [-0.39, 0.29) is 29.0 Å². The Morgan fingerprint density at radius 1 is 1.15 bits per heavy atom. The number of rotatable bonds is 6. The van der Waals surface area contributed by atoms with E-state index in [4.69, 9.17) is 32.5 Å². The van der Waals surface area contributed by atoms with E-state index < -0.39 is 11.4 Å². The number of hydrogen-bond donors (Lipinski definition) is 1. The Bertz CT molecular complexity index is 1610. The van der Waals surface area contributed by atoms with Gasteiger partial charge in [-0.05, 0) is 62.5 Å². The zero-order valence-electron chi connectivity index (χ0n) is 20.7. The van der Waals surface area contributed by atoms with Crippen molar-refractivity contribution >= 4 is 44.8 Å². The maximum absolute atomic E-state index is 14.6. The molecule has 3 saturated carbocycles. The first-order chi connectivity index (χ1) is 18.9. The topological polar surface area (TPSA) is 105 Å². The van der Waals surface area contributed by atoms with Crippen molar-refractivity contribution in [2.24, 2.45) is 11.8 Å². The number of pyridine rings is 1. The van der Waals surface area contributed by atoms with E-state index >= 15 is 0 Å². The molecule has 200 valence electrons. The molecule has 7 nitrogen and oxygen atoms in total. The lowest BCUT2D eigenvalue weighted by Gasteiger charge is -2.41. The summed E-state index contributed by atoms with van der Waals surface area (Å²) in [5, 5.41) is 26.8. The lowest BCUT2D eigenvalue weighted by Crippen LogP contribution is -2.44. The standard InChI is InChI=1S/C28H23Cl2FN4O3S/c29-19-10-33-11-20(30)23(19)24-18(26(38-35-24)14-1-2-14)12-37-17-7-15-3-4-16(8-17)28(15,36)27-34-25-21(31)5-13(9-32)6-22(25)39-27/h5-6,10-11,14-17,36H,1-4,7-8,12H2/t15-,16+,17+,28-. The molecule has 1 aromatic carbocycles. The highest BCUT2D eigenvalue weighted by Crippen LogP contribution is 2.57. The zero-order chi connectivity index (χ0) is 26.9. The zero-order valence-corrected chi connectivity index (χ0v) is 23.0. The summed E-state index contributed by atoms with van der Waals surface area (Å²) in [6.07, 6.45) is 8.08. The van der Waals surface area contributed by atoms with Gasteiger partial charge in [0.05, 0.1) is 39.1 Å². The lowest BCUT2D eigenvalue weighted by atomic mass is 9.73. The number of halogens is 3. The van der Waals surface area contributed by atoms with Crippen LogP contribution in [0.2, 0.25) is 10.0 Å². The van der Waals surface area contributed by atoms with Gasteiger partial charge in [0.2, 0.25) is 0 Å². The van der Waals surface area contributed by atoms with Crippen LogP contribution >= 0.6 is 34.5 Å². The van der Waals surface area contributed by atoms with Crippen molar-refractivity contribution in [2.75, 3.05) is 0 Å². The SMILES string of the molecule is N#Cc1cc(F)c2nc([C@@]3(O)[C@@H]4CC[C@H]3C[C@@H](OCc3c(-c5c(Cl)cncc5Cl)noc3C3CC3)C4)sc2c1. The quantitative estimate of drug-likeness (QED) is 0.257. The fourth-order valence-corrected chi connectivity index (χ4v) is 8.19. The second-order valence-corrected chi connectivity index (χ2v) is 12.6. The molecule has 3 heterocycles. The normalized spacial score (nSPS) is 26.3. The number of thiazole rings is 1. The number of nitrogens with zero attached hydrogens (tertiary/aromatic N) is 4. The third-order valence-electron chi connectivity index (χ3n) is 8.44. The second kappa shape index (κ2) is 9.50. The molecular weight excluding hydrogens is 562 g/mol. The summed E-state index contributed by atoms with van der Waals surface area (Å²) in [4.78, 5) is 8.57. The monoisotopic (exact) mass is 584 g/mol. The molecule has 0 aliphatic heterocycles. The van der Waals surface area contributed by atoms with Crippen LogP contribution in [-0.2, 0) is 16.9 Å². The fraction of sp³-hybridized carbons (Fsp3) is 0.429. The Morgan fingerprint density at radius 3 is 2.54 bits per heavy atom. The van der Waals surface area contributed by atoms with Crippen LogP contribution in [0.5, 0.6) is 0 Å². The average molecular weight is 585 g/mol. The predicted octanol–water partition coefficient (Wildman–Crippen LogP) is 7.13. The van der Waals surface area contributed by atoms with Gasteiger partial charge < -0.3 is 14.4 Å². The fourth-order valence-electron chi connectivity index (χ4n) is 6.37. The van der Waals surface area contributed by atoms with E-state index in [2.05, 4.69) is 15.1 Å². The van der Waals surface area contributed by atoms with E-state index in [0.29, 0.717) is 56.4 Å². The van der Waals surface area contributed by atoms with Gasteiger partial charge in [0.15, 0.2) is 5.82 Å². The summed E-state index contributed by atoms with van der Waals surface area (Å²) in [6, 6.07) is 4.81. The number of nitriles is 1. The van der Waals surface area contributed by atoms with E-state index in [9.17, 15) is 14.8 Å². The maximum Gasteiger partial charge on any atom is 0.151 e. The van der Waals surface area contributed by atoms with Gasteiger partial charge in [0.1, 0.15) is 27.6 Å². The Kier molecular flexibility index (Phi) is 6.18. The molecule has 3 aliphatic rings. The van der Waals surface area contributed by atoms with Gasteiger partial charge >= 0.3 is 0 Å². The van der Waals surface area contributed by atoms with Gasteiger partial charge in [0, 0.05) is 29.4 Å². The third kappa shape index (κ3) is 4.16. The molecule has 0 spiro atoms. The highest BCUT2D eigenvalue weighted by Gasteiger charge is 2.56. The van der Waals surface area contributed by atoms with E-state index in [1.165, 1.54) is 29.8 Å². The Hall–Kier alpha value is -2.61. The molecule has 3 aromatic heterocycles. The van der Waals surface area contributed by atoms with Crippen molar-refractivity contribution in [3.63, 3.8) is 0 Å².